The van der Waals surface area contributed by atoms with Crippen LogP contribution in [0.2, 0.25) is 0 Å². The van der Waals surface area contributed by atoms with Crippen molar-refractivity contribution in [2.45, 2.75) is 84.6 Å². The zero-order valence-corrected chi connectivity index (χ0v) is 15.3. The predicted molar refractivity (Wildman–Crippen MR) is 93.9 cm³/mol. The minimum absolute atomic E-state index is 0.307. The van der Waals surface area contributed by atoms with Gasteiger partial charge in [0.15, 0.2) is 0 Å². The van der Waals surface area contributed by atoms with E-state index in [-0.39, 0.29) is 0 Å². The molecule has 0 bridgehead atoms. The van der Waals surface area contributed by atoms with Crippen molar-refractivity contribution in [3.63, 3.8) is 0 Å². The van der Waals surface area contributed by atoms with E-state index in [1.165, 1.54) is 51.4 Å². The van der Waals surface area contributed by atoms with Gasteiger partial charge in [-0.25, -0.2) is 0 Å². The number of fused-ring (bicyclic) bond motifs is 5. The Morgan fingerprint density at radius 2 is 1.61 bits per heavy atom. The topological polar surface area (TPSA) is 43.1 Å². The van der Waals surface area contributed by atoms with E-state index in [9.17, 15) is 4.79 Å². The average Bonchev–Trinajstić information content (AvgIpc) is 2.85. The van der Waals surface area contributed by atoms with Crippen LogP contribution in [0, 0.1) is 40.4 Å². The van der Waals surface area contributed by atoms with E-state index in [1.54, 1.807) is 0 Å². The molecule has 4 saturated carbocycles. The molecule has 0 amide bonds. The van der Waals surface area contributed by atoms with Gasteiger partial charge < -0.3 is 5.73 Å². The van der Waals surface area contributed by atoms with Crippen molar-refractivity contribution in [3.05, 3.63) is 0 Å². The van der Waals surface area contributed by atoms with Crippen molar-refractivity contribution in [2.24, 2.45) is 46.2 Å². The van der Waals surface area contributed by atoms with Crippen LogP contribution in [0.4, 0.5) is 0 Å². The fraction of sp³-hybridized carbons (Fsp3) is 0.952. The van der Waals surface area contributed by atoms with E-state index in [4.69, 9.17) is 5.73 Å². The van der Waals surface area contributed by atoms with Crippen molar-refractivity contribution in [1.29, 1.82) is 0 Å². The molecule has 0 aromatic carbocycles. The molecule has 2 heteroatoms. The van der Waals surface area contributed by atoms with E-state index < -0.39 is 0 Å². The zero-order chi connectivity index (χ0) is 16.4. The van der Waals surface area contributed by atoms with E-state index in [0.717, 1.165) is 30.1 Å². The second-order valence-electron chi connectivity index (χ2n) is 9.98. The number of rotatable bonds is 1. The van der Waals surface area contributed by atoms with E-state index in [1.807, 2.05) is 6.92 Å². The summed E-state index contributed by atoms with van der Waals surface area (Å²) in [6, 6.07) is 0.451. The number of ketones is 1. The SMILES string of the molecule is CC(=O)[C@@H]1CC[C@@H]2[C@@H]3CC[C@H]4C[C@@H](N)CC[C@]4(C)[C@H]3CC[C@@]21C. The number of hydrogen-bond acceptors (Lipinski definition) is 2. The molecule has 0 unspecified atom stereocenters. The molecule has 0 saturated heterocycles. The summed E-state index contributed by atoms with van der Waals surface area (Å²) in [4.78, 5) is 12.2. The summed E-state index contributed by atoms with van der Waals surface area (Å²) >= 11 is 0. The summed E-state index contributed by atoms with van der Waals surface area (Å²) in [7, 11) is 0. The number of nitrogens with two attached hydrogens (primary N) is 1. The molecular formula is C21H35NO. The fourth-order valence-corrected chi connectivity index (χ4v) is 7.96. The van der Waals surface area contributed by atoms with Crippen LogP contribution < -0.4 is 5.73 Å². The molecule has 0 aromatic heterocycles. The first-order valence-electron chi connectivity index (χ1n) is 10.1. The Labute approximate surface area is 142 Å². The Kier molecular flexibility index (Phi) is 3.72. The fourth-order valence-electron chi connectivity index (χ4n) is 7.96. The number of Topliss-reactive ketones (excluding diaryl/α,β-unsaturated/α-hetero) is 1. The van der Waals surface area contributed by atoms with Crippen LogP contribution in [0.5, 0.6) is 0 Å². The summed E-state index contributed by atoms with van der Waals surface area (Å²) in [6.45, 7) is 6.89. The first-order chi connectivity index (χ1) is 10.9. The van der Waals surface area contributed by atoms with Gasteiger partial charge in [-0.1, -0.05) is 13.8 Å². The number of carbonyl (C=O) groups is 1. The first-order valence-corrected chi connectivity index (χ1v) is 10.1. The summed E-state index contributed by atoms with van der Waals surface area (Å²) in [5.41, 5.74) is 7.13. The monoisotopic (exact) mass is 317 g/mol. The summed E-state index contributed by atoms with van der Waals surface area (Å²) < 4.78 is 0. The highest BCUT2D eigenvalue weighted by Crippen LogP contribution is 2.67. The Balaban J connectivity index is 1.61. The van der Waals surface area contributed by atoms with Crippen molar-refractivity contribution in [2.75, 3.05) is 0 Å². The summed E-state index contributed by atoms with van der Waals surface area (Å²) in [6.07, 6.45) is 11.8. The highest BCUT2D eigenvalue weighted by Gasteiger charge is 2.60. The molecule has 0 aliphatic heterocycles. The quantitative estimate of drug-likeness (QED) is 0.770. The molecule has 4 fully saturated rings. The summed E-state index contributed by atoms with van der Waals surface area (Å²) in [5.74, 6) is 4.26. The number of hydrogen-bond donors (Lipinski definition) is 1. The van der Waals surface area contributed by atoms with Crippen LogP contribution in [-0.4, -0.2) is 11.8 Å². The predicted octanol–water partition coefficient (Wildman–Crippen LogP) is 4.56. The molecule has 8 atom stereocenters. The maximum atomic E-state index is 12.2. The van der Waals surface area contributed by atoms with Gasteiger partial charge in [0.25, 0.3) is 0 Å². The van der Waals surface area contributed by atoms with Crippen LogP contribution in [0.25, 0.3) is 0 Å². The molecule has 0 heterocycles. The largest absolute Gasteiger partial charge is 0.328 e. The highest BCUT2D eigenvalue weighted by molar-refractivity contribution is 5.79. The van der Waals surface area contributed by atoms with Gasteiger partial charge in [0.1, 0.15) is 5.78 Å². The standard InChI is InChI=1S/C21H35NO/c1-13(23)17-6-7-18-16-5-4-14-12-15(22)8-10-20(14,2)19(16)9-11-21(17,18)3/h14-19H,4-12,22H2,1-3H3/t14-,15-,16-,17-,18+,19-,20-,21+/m0/s1. The lowest BCUT2D eigenvalue weighted by molar-refractivity contribution is -0.134. The van der Waals surface area contributed by atoms with Crippen molar-refractivity contribution in [3.8, 4) is 0 Å². The van der Waals surface area contributed by atoms with Crippen molar-refractivity contribution < 1.29 is 4.79 Å². The zero-order valence-electron chi connectivity index (χ0n) is 15.3. The van der Waals surface area contributed by atoms with Gasteiger partial charge in [-0.15, -0.1) is 0 Å². The molecule has 2 nitrogen and oxygen atoms in total. The second-order valence-corrected chi connectivity index (χ2v) is 9.98. The number of carbonyl (C=O) groups excluding carboxylic acids is 1. The van der Waals surface area contributed by atoms with Crippen molar-refractivity contribution in [1.82, 2.24) is 0 Å². The Morgan fingerprint density at radius 1 is 0.913 bits per heavy atom. The lowest BCUT2D eigenvalue weighted by atomic mass is 9.44. The van der Waals surface area contributed by atoms with Gasteiger partial charge in [-0.2, -0.15) is 0 Å². The molecule has 23 heavy (non-hydrogen) atoms. The van der Waals surface area contributed by atoms with Crippen molar-refractivity contribution >= 4 is 5.78 Å². The maximum Gasteiger partial charge on any atom is 0.133 e. The van der Waals surface area contributed by atoms with Crippen LogP contribution in [0.1, 0.15) is 78.6 Å². The Hall–Kier alpha value is -0.370. The molecular weight excluding hydrogens is 282 g/mol. The molecule has 0 spiro atoms. The molecule has 4 rings (SSSR count). The van der Waals surface area contributed by atoms with Gasteiger partial charge in [0.05, 0.1) is 0 Å². The minimum Gasteiger partial charge on any atom is -0.328 e. The molecule has 2 N–H and O–H groups in total. The lowest BCUT2D eigenvalue weighted by Crippen LogP contribution is -2.54. The molecule has 4 aliphatic rings. The van der Waals surface area contributed by atoms with Crippen LogP contribution in [0.15, 0.2) is 0 Å². The van der Waals surface area contributed by atoms with Crippen LogP contribution in [0.3, 0.4) is 0 Å². The van der Waals surface area contributed by atoms with E-state index in [0.29, 0.717) is 28.6 Å². The van der Waals surface area contributed by atoms with Gasteiger partial charge in [0.2, 0.25) is 0 Å². The second kappa shape index (κ2) is 5.31. The average molecular weight is 318 g/mol. The third-order valence-electron chi connectivity index (χ3n) is 9.20. The first kappa shape index (κ1) is 16.1. The third kappa shape index (κ3) is 2.19. The molecule has 0 aromatic rings. The Morgan fingerprint density at radius 3 is 2.35 bits per heavy atom. The smallest absolute Gasteiger partial charge is 0.133 e. The maximum absolute atomic E-state index is 12.2. The van der Waals surface area contributed by atoms with Gasteiger partial charge in [-0.3, -0.25) is 4.79 Å². The Bertz CT molecular complexity index is 502. The molecule has 0 radical (unpaired) electrons. The lowest BCUT2D eigenvalue weighted by Gasteiger charge is -2.61. The molecule has 130 valence electrons. The van der Waals surface area contributed by atoms with Crippen LogP contribution >= 0.6 is 0 Å². The third-order valence-corrected chi connectivity index (χ3v) is 9.20. The van der Waals surface area contributed by atoms with Gasteiger partial charge in [-0.05, 0) is 99.2 Å². The summed E-state index contributed by atoms with van der Waals surface area (Å²) in [5, 5.41) is 0. The van der Waals surface area contributed by atoms with Gasteiger partial charge >= 0.3 is 0 Å². The van der Waals surface area contributed by atoms with E-state index >= 15 is 0 Å². The highest BCUT2D eigenvalue weighted by atomic mass is 16.1. The van der Waals surface area contributed by atoms with Crippen LogP contribution in [-0.2, 0) is 4.79 Å². The normalized spacial score (nSPS) is 55.7. The molecule has 4 aliphatic carbocycles. The minimum atomic E-state index is 0.307. The van der Waals surface area contributed by atoms with E-state index in [2.05, 4.69) is 13.8 Å². The van der Waals surface area contributed by atoms with Gasteiger partial charge in [0, 0.05) is 12.0 Å².